The number of hydrogen-bond donors (Lipinski definition) is 0. The lowest BCUT2D eigenvalue weighted by atomic mass is 9.98. The highest BCUT2D eigenvalue weighted by atomic mass is 16.7. The summed E-state index contributed by atoms with van der Waals surface area (Å²) < 4.78 is 20.5. The minimum absolute atomic E-state index is 0.113. The Balaban J connectivity index is 1.72. The van der Waals surface area contributed by atoms with E-state index in [1.165, 1.54) is 14.2 Å². The van der Waals surface area contributed by atoms with Gasteiger partial charge in [0.2, 0.25) is 5.41 Å². The molecule has 1 heterocycles. The first-order valence-electron chi connectivity index (χ1n) is 7.27. The lowest BCUT2D eigenvalue weighted by molar-refractivity contribution is -0.163. The van der Waals surface area contributed by atoms with Gasteiger partial charge in [0, 0.05) is 6.61 Å². The standard InChI is InChI=1S/C15H22O6/c1-18-13(16)15(14(17)19-2)10-11(15)6-5-9-21-12-7-3-4-8-20-12/h10,12H,3-9H2,1-2H3. The molecule has 0 aromatic rings. The fraction of sp³-hybridized carbons (Fsp3) is 0.733. The highest BCUT2D eigenvalue weighted by Gasteiger charge is 2.59. The van der Waals surface area contributed by atoms with Crippen molar-refractivity contribution in [1.82, 2.24) is 0 Å². The summed E-state index contributed by atoms with van der Waals surface area (Å²) in [5, 5.41) is 0. The highest BCUT2D eigenvalue weighted by Crippen LogP contribution is 2.48. The third kappa shape index (κ3) is 3.44. The second-order valence-corrected chi connectivity index (χ2v) is 5.23. The number of ether oxygens (including phenoxy) is 4. The van der Waals surface area contributed by atoms with Crippen molar-refractivity contribution in [1.29, 1.82) is 0 Å². The van der Waals surface area contributed by atoms with Gasteiger partial charge in [0.25, 0.3) is 0 Å². The van der Waals surface area contributed by atoms with Gasteiger partial charge in [0.1, 0.15) is 0 Å². The van der Waals surface area contributed by atoms with Crippen LogP contribution in [0.4, 0.5) is 0 Å². The molecule has 1 aliphatic carbocycles. The molecule has 1 fully saturated rings. The number of rotatable bonds is 7. The second-order valence-electron chi connectivity index (χ2n) is 5.23. The Hall–Kier alpha value is -1.40. The summed E-state index contributed by atoms with van der Waals surface area (Å²) >= 11 is 0. The molecule has 1 saturated heterocycles. The van der Waals surface area contributed by atoms with Gasteiger partial charge < -0.3 is 18.9 Å². The zero-order valence-electron chi connectivity index (χ0n) is 12.6. The van der Waals surface area contributed by atoms with E-state index < -0.39 is 17.4 Å². The van der Waals surface area contributed by atoms with Gasteiger partial charge in [0.15, 0.2) is 6.29 Å². The molecule has 0 N–H and O–H groups in total. The molecule has 0 aromatic heterocycles. The average molecular weight is 298 g/mol. The molecular weight excluding hydrogens is 276 g/mol. The van der Waals surface area contributed by atoms with Crippen LogP contribution in [0, 0.1) is 5.41 Å². The number of carbonyl (C=O) groups excluding carboxylic acids is 2. The van der Waals surface area contributed by atoms with Crippen molar-refractivity contribution in [3.63, 3.8) is 0 Å². The summed E-state index contributed by atoms with van der Waals surface area (Å²) in [4.78, 5) is 23.5. The maximum atomic E-state index is 11.8. The van der Waals surface area contributed by atoms with E-state index in [2.05, 4.69) is 9.47 Å². The van der Waals surface area contributed by atoms with Crippen molar-refractivity contribution in [2.45, 2.75) is 38.4 Å². The Morgan fingerprint density at radius 1 is 1.29 bits per heavy atom. The quantitative estimate of drug-likeness (QED) is 0.307. The molecule has 0 radical (unpaired) electrons. The summed E-state index contributed by atoms with van der Waals surface area (Å²) in [6.45, 7) is 1.30. The maximum Gasteiger partial charge on any atom is 0.331 e. The van der Waals surface area contributed by atoms with Gasteiger partial charge in [-0.3, -0.25) is 9.59 Å². The van der Waals surface area contributed by atoms with E-state index in [-0.39, 0.29) is 6.29 Å². The van der Waals surface area contributed by atoms with Crippen LogP contribution >= 0.6 is 0 Å². The van der Waals surface area contributed by atoms with E-state index in [0.29, 0.717) is 13.0 Å². The first-order valence-corrected chi connectivity index (χ1v) is 7.27. The number of esters is 2. The summed E-state index contributed by atoms with van der Waals surface area (Å²) in [6, 6.07) is 0. The molecule has 0 spiro atoms. The Labute approximate surface area is 124 Å². The minimum Gasteiger partial charge on any atom is -0.468 e. The highest BCUT2D eigenvalue weighted by molar-refractivity contribution is 6.10. The van der Waals surface area contributed by atoms with Crippen molar-refractivity contribution in [2.24, 2.45) is 5.41 Å². The summed E-state index contributed by atoms with van der Waals surface area (Å²) in [5.74, 6) is -1.17. The summed E-state index contributed by atoms with van der Waals surface area (Å²) in [7, 11) is 2.53. The lowest BCUT2D eigenvalue weighted by Crippen LogP contribution is -2.31. The predicted octanol–water partition coefficient (Wildman–Crippen LogP) is 1.58. The third-order valence-corrected chi connectivity index (χ3v) is 3.86. The fourth-order valence-electron chi connectivity index (χ4n) is 2.60. The SMILES string of the molecule is COC(=O)C1(C(=O)OC)C=C1CCCOC1CCCCO1. The second kappa shape index (κ2) is 7.04. The molecule has 1 atom stereocenters. The van der Waals surface area contributed by atoms with Crippen LogP contribution in [0.2, 0.25) is 0 Å². The zero-order valence-corrected chi connectivity index (χ0v) is 12.6. The van der Waals surface area contributed by atoms with Crippen LogP contribution < -0.4 is 0 Å². The Morgan fingerprint density at radius 3 is 2.57 bits per heavy atom. The molecule has 21 heavy (non-hydrogen) atoms. The Morgan fingerprint density at radius 2 is 2.00 bits per heavy atom. The molecule has 0 aromatic carbocycles. The molecule has 118 valence electrons. The molecule has 1 unspecified atom stereocenters. The number of hydrogen-bond acceptors (Lipinski definition) is 6. The van der Waals surface area contributed by atoms with Crippen LogP contribution in [0.25, 0.3) is 0 Å². The fourth-order valence-corrected chi connectivity index (χ4v) is 2.60. The van der Waals surface area contributed by atoms with E-state index >= 15 is 0 Å². The smallest absolute Gasteiger partial charge is 0.331 e. The molecule has 6 heteroatoms. The van der Waals surface area contributed by atoms with Gasteiger partial charge in [-0.1, -0.05) is 6.08 Å². The monoisotopic (exact) mass is 298 g/mol. The topological polar surface area (TPSA) is 71.1 Å². The van der Waals surface area contributed by atoms with Crippen molar-refractivity contribution in [3.05, 3.63) is 11.6 Å². The van der Waals surface area contributed by atoms with Crippen molar-refractivity contribution < 1.29 is 28.5 Å². The maximum absolute atomic E-state index is 11.8. The van der Waals surface area contributed by atoms with E-state index in [1.54, 1.807) is 6.08 Å². The van der Waals surface area contributed by atoms with Gasteiger partial charge in [-0.2, -0.15) is 0 Å². The first kappa shape index (κ1) is 16.0. The van der Waals surface area contributed by atoms with Gasteiger partial charge in [-0.15, -0.1) is 0 Å². The molecular formula is C15H22O6. The van der Waals surface area contributed by atoms with Crippen LogP contribution in [-0.4, -0.2) is 45.7 Å². The van der Waals surface area contributed by atoms with Gasteiger partial charge in [-0.05, 0) is 37.7 Å². The molecule has 2 rings (SSSR count). The molecule has 0 saturated carbocycles. The molecule has 2 aliphatic rings. The summed E-state index contributed by atoms with van der Waals surface area (Å²) in [5.41, 5.74) is -0.542. The van der Waals surface area contributed by atoms with Gasteiger partial charge in [-0.25, -0.2) is 0 Å². The van der Waals surface area contributed by atoms with Crippen LogP contribution in [0.5, 0.6) is 0 Å². The number of carbonyl (C=O) groups is 2. The number of methoxy groups -OCH3 is 2. The molecule has 0 amide bonds. The van der Waals surface area contributed by atoms with E-state index in [1.807, 2.05) is 0 Å². The van der Waals surface area contributed by atoms with Crippen LogP contribution in [0.1, 0.15) is 32.1 Å². The zero-order chi connectivity index (χ0) is 15.3. The first-order chi connectivity index (χ1) is 10.1. The van der Waals surface area contributed by atoms with Gasteiger partial charge in [0.05, 0.1) is 20.8 Å². The van der Waals surface area contributed by atoms with Crippen LogP contribution in [-0.2, 0) is 28.5 Å². The van der Waals surface area contributed by atoms with Crippen LogP contribution in [0.15, 0.2) is 11.6 Å². The lowest BCUT2D eigenvalue weighted by Gasteiger charge is -2.22. The predicted molar refractivity (Wildman–Crippen MR) is 73.3 cm³/mol. The van der Waals surface area contributed by atoms with Gasteiger partial charge >= 0.3 is 11.9 Å². The normalized spacial score (nSPS) is 23.1. The van der Waals surface area contributed by atoms with E-state index in [0.717, 1.165) is 37.9 Å². The molecule has 0 bridgehead atoms. The third-order valence-electron chi connectivity index (χ3n) is 3.86. The summed E-state index contributed by atoms with van der Waals surface area (Å²) in [6.07, 6.45) is 5.98. The molecule has 6 nitrogen and oxygen atoms in total. The largest absolute Gasteiger partial charge is 0.468 e. The minimum atomic E-state index is -1.29. The van der Waals surface area contributed by atoms with Crippen molar-refractivity contribution >= 4 is 11.9 Å². The Bertz CT molecular complexity index is 406. The van der Waals surface area contributed by atoms with Crippen molar-refractivity contribution in [3.8, 4) is 0 Å². The van der Waals surface area contributed by atoms with Crippen molar-refractivity contribution in [2.75, 3.05) is 27.4 Å². The van der Waals surface area contributed by atoms with Crippen LogP contribution in [0.3, 0.4) is 0 Å². The average Bonchev–Trinajstić information content (AvgIpc) is 3.26. The molecule has 1 aliphatic heterocycles. The Kier molecular flexibility index (Phi) is 5.36. The van der Waals surface area contributed by atoms with E-state index in [9.17, 15) is 9.59 Å². The van der Waals surface area contributed by atoms with E-state index in [4.69, 9.17) is 9.47 Å².